The van der Waals surface area contributed by atoms with Crippen LogP contribution in [0.3, 0.4) is 0 Å². The lowest BCUT2D eigenvalue weighted by atomic mass is 9.80. The zero-order valence-corrected chi connectivity index (χ0v) is 15.4. The fraction of sp³-hybridized carbons (Fsp3) is 0.556. The number of benzene rings is 1. The van der Waals surface area contributed by atoms with Gasteiger partial charge in [-0.2, -0.15) is 4.68 Å². The molecular weight excluding hydrogens is 340 g/mol. The lowest BCUT2D eigenvalue weighted by Gasteiger charge is -2.25. The predicted octanol–water partition coefficient (Wildman–Crippen LogP) is 3.85. The minimum absolute atomic E-state index is 0.201. The smallest absolute Gasteiger partial charge is 0.313 e. The maximum absolute atomic E-state index is 12.4. The standard InChI is InChI=1S/C18H23ClN4O2/c1-12-20-21-22-23(12)17-9-8-14(11-16(17)19)15(18(24)25-2)10-13-6-4-3-5-7-13/h8-9,11,13,15H,3-7,10H2,1-2H3. The van der Waals surface area contributed by atoms with Crippen molar-refractivity contribution in [3.05, 3.63) is 34.6 Å². The van der Waals surface area contributed by atoms with Crippen molar-refractivity contribution in [2.24, 2.45) is 5.92 Å². The van der Waals surface area contributed by atoms with Crippen LogP contribution in [0.5, 0.6) is 0 Å². The Hall–Kier alpha value is -1.95. The highest BCUT2D eigenvalue weighted by molar-refractivity contribution is 6.32. The maximum atomic E-state index is 12.4. The molecule has 2 aromatic rings. The van der Waals surface area contributed by atoms with E-state index in [-0.39, 0.29) is 11.9 Å². The molecule has 6 nitrogen and oxygen atoms in total. The minimum Gasteiger partial charge on any atom is -0.469 e. The van der Waals surface area contributed by atoms with Crippen molar-refractivity contribution >= 4 is 17.6 Å². The molecule has 0 spiro atoms. The van der Waals surface area contributed by atoms with Gasteiger partial charge in [-0.3, -0.25) is 4.79 Å². The number of aromatic nitrogens is 4. The molecule has 0 aliphatic heterocycles. The number of tetrazole rings is 1. The van der Waals surface area contributed by atoms with Crippen LogP contribution in [-0.4, -0.2) is 33.3 Å². The number of halogens is 1. The van der Waals surface area contributed by atoms with Gasteiger partial charge in [-0.1, -0.05) is 49.8 Å². The fourth-order valence-electron chi connectivity index (χ4n) is 3.63. The Kier molecular flexibility index (Phi) is 5.68. The quantitative estimate of drug-likeness (QED) is 0.755. The molecule has 134 valence electrons. The number of methoxy groups -OCH3 is 1. The molecule has 3 rings (SSSR count). The number of carbonyl (C=O) groups excluding carboxylic acids is 1. The van der Waals surface area contributed by atoms with Crippen molar-refractivity contribution < 1.29 is 9.53 Å². The summed E-state index contributed by atoms with van der Waals surface area (Å²) in [6.07, 6.45) is 6.97. The van der Waals surface area contributed by atoms with Crippen LogP contribution in [0, 0.1) is 12.8 Å². The maximum Gasteiger partial charge on any atom is 0.313 e. The lowest BCUT2D eigenvalue weighted by Crippen LogP contribution is -2.19. The Morgan fingerprint density at radius 3 is 2.72 bits per heavy atom. The molecule has 1 unspecified atom stereocenters. The summed E-state index contributed by atoms with van der Waals surface area (Å²) in [4.78, 5) is 12.4. The highest BCUT2D eigenvalue weighted by Gasteiger charge is 2.27. The molecular formula is C18H23ClN4O2. The van der Waals surface area contributed by atoms with Crippen LogP contribution < -0.4 is 0 Å². The molecule has 25 heavy (non-hydrogen) atoms. The van der Waals surface area contributed by atoms with Gasteiger partial charge in [-0.05, 0) is 47.4 Å². The molecule has 1 aromatic carbocycles. The van der Waals surface area contributed by atoms with Gasteiger partial charge in [0, 0.05) is 0 Å². The average molecular weight is 363 g/mol. The first-order valence-corrected chi connectivity index (χ1v) is 9.10. The number of aryl methyl sites for hydroxylation is 1. The van der Waals surface area contributed by atoms with E-state index in [9.17, 15) is 4.79 Å². The third kappa shape index (κ3) is 4.00. The van der Waals surface area contributed by atoms with Gasteiger partial charge in [0.1, 0.15) is 0 Å². The van der Waals surface area contributed by atoms with Gasteiger partial charge >= 0.3 is 5.97 Å². The van der Waals surface area contributed by atoms with E-state index in [2.05, 4.69) is 15.5 Å². The molecule has 0 bridgehead atoms. The zero-order valence-electron chi connectivity index (χ0n) is 14.6. The zero-order chi connectivity index (χ0) is 17.8. The van der Waals surface area contributed by atoms with Crippen LogP contribution in [0.2, 0.25) is 5.02 Å². The molecule has 7 heteroatoms. The van der Waals surface area contributed by atoms with Gasteiger partial charge in [0.25, 0.3) is 0 Å². The number of nitrogens with zero attached hydrogens (tertiary/aromatic N) is 4. The molecule has 1 aliphatic carbocycles. The van der Waals surface area contributed by atoms with E-state index in [0.29, 0.717) is 22.5 Å². The molecule has 1 aromatic heterocycles. The second kappa shape index (κ2) is 7.95. The predicted molar refractivity (Wildman–Crippen MR) is 94.9 cm³/mol. The van der Waals surface area contributed by atoms with Gasteiger partial charge in [-0.15, -0.1) is 5.10 Å². The first-order chi connectivity index (χ1) is 12.1. The van der Waals surface area contributed by atoms with Gasteiger partial charge in [-0.25, -0.2) is 0 Å². The first kappa shape index (κ1) is 17.9. The Bertz CT molecular complexity index is 740. The van der Waals surface area contributed by atoms with Crippen molar-refractivity contribution in [2.45, 2.75) is 51.4 Å². The van der Waals surface area contributed by atoms with E-state index in [0.717, 1.165) is 12.0 Å². The Labute approximate surface area is 152 Å². The van der Waals surface area contributed by atoms with Crippen molar-refractivity contribution in [1.82, 2.24) is 20.2 Å². The second-order valence-electron chi connectivity index (χ2n) is 6.66. The van der Waals surface area contributed by atoms with E-state index in [1.54, 1.807) is 4.68 Å². The number of esters is 1. The third-order valence-corrected chi connectivity index (χ3v) is 5.31. The summed E-state index contributed by atoms with van der Waals surface area (Å²) in [5, 5.41) is 12.0. The Balaban J connectivity index is 1.86. The van der Waals surface area contributed by atoms with Crippen LogP contribution in [0.4, 0.5) is 0 Å². The number of hydrogen-bond donors (Lipinski definition) is 0. The number of carbonyl (C=O) groups is 1. The molecule has 0 N–H and O–H groups in total. The first-order valence-electron chi connectivity index (χ1n) is 8.72. The molecule has 1 saturated carbocycles. The lowest BCUT2D eigenvalue weighted by molar-refractivity contribution is -0.143. The monoisotopic (exact) mass is 362 g/mol. The second-order valence-corrected chi connectivity index (χ2v) is 7.07. The van der Waals surface area contributed by atoms with E-state index in [1.807, 2.05) is 25.1 Å². The van der Waals surface area contributed by atoms with Gasteiger partial charge < -0.3 is 4.74 Å². The molecule has 1 heterocycles. The van der Waals surface area contributed by atoms with E-state index in [1.165, 1.54) is 39.2 Å². The molecule has 0 amide bonds. The molecule has 1 atom stereocenters. The van der Waals surface area contributed by atoms with Crippen LogP contribution in [-0.2, 0) is 9.53 Å². The summed E-state index contributed by atoms with van der Waals surface area (Å²) in [7, 11) is 1.44. The molecule has 1 fully saturated rings. The van der Waals surface area contributed by atoms with Gasteiger partial charge in [0.05, 0.1) is 23.7 Å². The number of hydrogen-bond acceptors (Lipinski definition) is 5. The Morgan fingerprint density at radius 1 is 1.36 bits per heavy atom. The SMILES string of the molecule is COC(=O)C(CC1CCCCC1)c1ccc(-n2nnnc2C)c(Cl)c1. The highest BCUT2D eigenvalue weighted by atomic mass is 35.5. The third-order valence-electron chi connectivity index (χ3n) is 5.01. The minimum atomic E-state index is -0.283. The normalized spacial score (nSPS) is 16.6. The van der Waals surface area contributed by atoms with E-state index < -0.39 is 0 Å². The van der Waals surface area contributed by atoms with E-state index >= 15 is 0 Å². The number of ether oxygens (including phenoxy) is 1. The Morgan fingerprint density at radius 2 is 2.12 bits per heavy atom. The van der Waals surface area contributed by atoms with Gasteiger partial charge in [0.15, 0.2) is 5.82 Å². The summed E-state index contributed by atoms with van der Waals surface area (Å²) in [6, 6.07) is 5.62. The summed E-state index contributed by atoms with van der Waals surface area (Å²) >= 11 is 6.46. The van der Waals surface area contributed by atoms with Crippen molar-refractivity contribution in [3.63, 3.8) is 0 Å². The van der Waals surface area contributed by atoms with Crippen LogP contribution in [0.1, 0.15) is 55.8 Å². The molecule has 0 radical (unpaired) electrons. The van der Waals surface area contributed by atoms with Crippen LogP contribution in [0.15, 0.2) is 18.2 Å². The van der Waals surface area contributed by atoms with Crippen LogP contribution in [0.25, 0.3) is 5.69 Å². The average Bonchev–Trinajstić information content (AvgIpc) is 3.05. The van der Waals surface area contributed by atoms with Gasteiger partial charge in [0.2, 0.25) is 0 Å². The van der Waals surface area contributed by atoms with Crippen molar-refractivity contribution in [1.29, 1.82) is 0 Å². The molecule has 0 saturated heterocycles. The summed E-state index contributed by atoms with van der Waals surface area (Å²) in [5.41, 5.74) is 1.59. The highest BCUT2D eigenvalue weighted by Crippen LogP contribution is 2.35. The summed E-state index contributed by atoms with van der Waals surface area (Å²) in [5.74, 6) is 0.738. The van der Waals surface area contributed by atoms with Crippen molar-refractivity contribution in [3.8, 4) is 5.69 Å². The molecule has 1 aliphatic rings. The topological polar surface area (TPSA) is 69.9 Å². The van der Waals surface area contributed by atoms with E-state index in [4.69, 9.17) is 16.3 Å². The fourth-order valence-corrected chi connectivity index (χ4v) is 3.90. The summed E-state index contributed by atoms with van der Waals surface area (Å²) < 4.78 is 6.63. The largest absolute Gasteiger partial charge is 0.469 e. The number of rotatable bonds is 5. The van der Waals surface area contributed by atoms with Crippen LogP contribution >= 0.6 is 11.6 Å². The summed E-state index contributed by atoms with van der Waals surface area (Å²) in [6.45, 7) is 1.81. The van der Waals surface area contributed by atoms with Crippen molar-refractivity contribution in [2.75, 3.05) is 7.11 Å².